The molecule has 0 fully saturated rings. The molecule has 49 heavy (non-hydrogen) atoms. The van der Waals surface area contributed by atoms with Crippen LogP contribution in [0.15, 0.2) is 170 Å². The van der Waals surface area contributed by atoms with Crippen molar-refractivity contribution in [3.63, 3.8) is 0 Å². The molecule has 0 saturated carbocycles. The van der Waals surface area contributed by atoms with Gasteiger partial charge in [-0.3, -0.25) is 0 Å². The van der Waals surface area contributed by atoms with Crippen LogP contribution in [0.2, 0.25) is 0 Å². The van der Waals surface area contributed by atoms with Gasteiger partial charge in [0.25, 0.3) is 0 Å². The average Bonchev–Trinajstić information content (AvgIpc) is 3.39. The molecule has 1 aliphatic carbocycles. The van der Waals surface area contributed by atoms with E-state index in [4.69, 9.17) is 9.97 Å². The third-order valence-electron chi connectivity index (χ3n) is 10.0. The molecule has 7 aromatic carbocycles. The number of nitrogens with zero attached hydrogens (tertiary/aromatic N) is 2. The lowest BCUT2D eigenvalue weighted by atomic mass is 9.81. The molecule has 0 aliphatic heterocycles. The molecule has 0 unspecified atom stereocenters. The van der Waals surface area contributed by atoms with Crippen molar-refractivity contribution in [2.75, 3.05) is 0 Å². The molecule has 0 bridgehead atoms. The maximum atomic E-state index is 5.31. The van der Waals surface area contributed by atoms with Crippen LogP contribution in [0.3, 0.4) is 0 Å². The summed E-state index contributed by atoms with van der Waals surface area (Å²) in [6.45, 7) is 4.69. The molecule has 1 aliphatic rings. The van der Waals surface area contributed by atoms with E-state index in [0.717, 1.165) is 39.2 Å². The zero-order valence-corrected chi connectivity index (χ0v) is 27.6. The molecule has 0 atom stereocenters. The van der Waals surface area contributed by atoms with Crippen LogP contribution in [0.4, 0.5) is 0 Å². The quantitative estimate of drug-likeness (QED) is 0.190. The first kappa shape index (κ1) is 29.1. The molecule has 1 heterocycles. The Bertz CT molecular complexity index is 2440. The molecular weight excluding hydrogens is 593 g/mol. The Labute approximate surface area is 287 Å². The standard InChI is InChI=1S/C47H34N2/c1-47(2)41-24-14-23-39(45(41)40-28-34-21-12-13-22-35(34)29-42(40)47)44-30-43(48-46(49-44)33-19-10-5-11-20-33)38-26-36(31-15-6-3-7-16-31)25-37(27-38)32-17-8-4-9-18-32/h3-30H,1-2H3. The minimum atomic E-state index is -0.141. The van der Waals surface area contributed by atoms with Crippen molar-refractivity contribution in [3.8, 4) is 67.3 Å². The summed E-state index contributed by atoms with van der Waals surface area (Å²) in [5.74, 6) is 0.716. The van der Waals surface area contributed by atoms with Crippen LogP contribution < -0.4 is 0 Å². The molecule has 1 aromatic heterocycles. The number of fused-ring (bicyclic) bond motifs is 4. The molecule has 232 valence electrons. The van der Waals surface area contributed by atoms with Crippen molar-refractivity contribution >= 4 is 10.8 Å². The number of aromatic nitrogens is 2. The first-order valence-corrected chi connectivity index (χ1v) is 16.9. The van der Waals surface area contributed by atoms with Gasteiger partial charge in [0.05, 0.1) is 11.4 Å². The normalized spacial score (nSPS) is 12.9. The van der Waals surface area contributed by atoms with Gasteiger partial charge in [-0.2, -0.15) is 0 Å². The molecule has 2 heteroatoms. The van der Waals surface area contributed by atoms with Gasteiger partial charge in [0.15, 0.2) is 5.82 Å². The lowest BCUT2D eigenvalue weighted by Gasteiger charge is -2.22. The van der Waals surface area contributed by atoms with Gasteiger partial charge in [0.2, 0.25) is 0 Å². The van der Waals surface area contributed by atoms with E-state index in [-0.39, 0.29) is 5.41 Å². The van der Waals surface area contributed by atoms with Gasteiger partial charge in [-0.05, 0) is 91.7 Å². The summed E-state index contributed by atoms with van der Waals surface area (Å²) in [6, 6.07) is 60.7. The fraction of sp³-hybridized carbons (Fsp3) is 0.0638. The smallest absolute Gasteiger partial charge is 0.160 e. The van der Waals surface area contributed by atoms with Crippen molar-refractivity contribution in [1.82, 2.24) is 9.97 Å². The number of benzene rings is 7. The predicted octanol–water partition coefficient (Wildman–Crippen LogP) is 12.3. The highest BCUT2D eigenvalue weighted by atomic mass is 14.9. The van der Waals surface area contributed by atoms with Gasteiger partial charge in [0, 0.05) is 22.1 Å². The van der Waals surface area contributed by atoms with E-state index in [9.17, 15) is 0 Å². The van der Waals surface area contributed by atoms with Crippen molar-refractivity contribution in [3.05, 3.63) is 181 Å². The number of rotatable bonds is 5. The number of hydrogen-bond donors (Lipinski definition) is 0. The van der Waals surface area contributed by atoms with Crippen LogP contribution in [0.25, 0.3) is 78.1 Å². The lowest BCUT2D eigenvalue weighted by molar-refractivity contribution is 0.661. The van der Waals surface area contributed by atoms with Crippen molar-refractivity contribution in [1.29, 1.82) is 0 Å². The minimum absolute atomic E-state index is 0.141. The molecule has 0 saturated heterocycles. The van der Waals surface area contributed by atoms with Crippen molar-refractivity contribution in [2.45, 2.75) is 19.3 Å². The Morgan fingerprint density at radius 1 is 0.367 bits per heavy atom. The van der Waals surface area contributed by atoms with Gasteiger partial charge >= 0.3 is 0 Å². The predicted molar refractivity (Wildman–Crippen MR) is 204 cm³/mol. The van der Waals surface area contributed by atoms with Crippen LogP contribution in [0, 0.1) is 0 Å². The molecule has 0 N–H and O–H groups in total. The van der Waals surface area contributed by atoms with Crippen molar-refractivity contribution in [2.24, 2.45) is 0 Å². The van der Waals surface area contributed by atoms with E-state index in [0.29, 0.717) is 5.82 Å². The van der Waals surface area contributed by atoms with Gasteiger partial charge in [0.1, 0.15) is 0 Å². The molecule has 0 radical (unpaired) electrons. The van der Waals surface area contributed by atoms with E-state index in [1.54, 1.807) is 0 Å². The molecule has 0 spiro atoms. The van der Waals surface area contributed by atoms with Crippen LogP contribution in [-0.2, 0) is 5.41 Å². The first-order valence-electron chi connectivity index (χ1n) is 16.9. The monoisotopic (exact) mass is 626 g/mol. The van der Waals surface area contributed by atoms with Gasteiger partial charge in [-0.15, -0.1) is 0 Å². The van der Waals surface area contributed by atoms with Crippen LogP contribution in [-0.4, -0.2) is 9.97 Å². The van der Waals surface area contributed by atoms with E-state index in [1.165, 1.54) is 44.2 Å². The van der Waals surface area contributed by atoms with Crippen LogP contribution in [0.1, 0.15) is 25.0 Å². The summed E-state index contributed by atoms with van der Waals surface area (Å²) in [4.78, 5) is 10.6. The van der Waals surface area contributed by atoms with Crippen LogP contribution in [0.5, 0.6) is 0 Å². The van der Waals surface area contributed by atoms with Crippen LogP contribution >= 0.6 is 0 Å². The Hall–Kier alpha value is -6.12. The molecule has 9 rings (SSSR count). The fourth-order valence-electron chi connectivity index (χ4n) is 7.51. The summed E-state index contributed by atoms with van der Waals surface area (Å²) < 4.78 is 0. The maximum absolute atomic E-state index is 5.31. The molecule has 0 amide bonds. The minimum Gasteiger partial charge on any atom is -0.228 e. The molecule has 2 nitrogen and oxygen atoms in total. The molecule has 8 aromatic rings. The Morgan fingerprint density at radius 3 is 1.53 bits per heavy atom. The van der Waals surface area contributed by atoms with Gasteiger partial charge in [-0.1, -0.05) is 147 Å². The summed E-state index contributed by atoms with van der Waals surface area (Å²) in [7, 11) is 0. The zero-order valence-electron chi connectivity index (χ0n) is 27.6. The highest BCUT2D eigenvalue weighted by Crippen LogP contribution is 2.53. The lowest BCUT2D eigenvalue weighted by Crippen LogP contribution is -2.14. The Morgan fingerprint density at radius 2 is 0.898 bits per heavy atom. The fourth-order valence-corrected chi connectivity index (χ4v) is 7.51. The number of hydrogen-bond acceptors (Lipinski definition) is 2. The SMILES string of the molecule is CC1(C)c2cc3ccccc3cc2-c2c(-c3cc(-c4cc(-c5ccccc5)cc(-c5ccccc5)c4)nc(-c4ccccc4)n3)cccc21. The average molecular weight is 627 g/mol. The van der Waals surface area contributed by atoms with Crippen molar-refractivity contribution < 1.29 is 0 Å². The summed E-state index contributed by atoms with van der Waals surface area (Å²) >= 11 is 0. The largest absolute Gasteiger partial charge is 0.228 e. The van der Waals surface area contributed by atoms with E-state index in [1.807, 2.05) is 6.07 Å². The third-order valence-corrected chi connectivity index (χ3v) is 10.0. The zero-order chi connectivity index (χ0) is 33.0. The highest BCUT2D eigenvalue weighted by Gasteiger charge is 2.37. The first-order chi connectivity index (χ1) is 24.0. The summed E-state index contributed by atoms with van der Waals surface area (Å²) in [5.41, 5.74) is 14.7. The Kier molecular flexibility index (Phi) is 6.84. The van der Waals surface area contributed by atoms with E-state index < -0.39 is 0 Å². The molecular formula is C47H34N2. The van der Waals surface area contributed by atoms with E-state index >= 15 is 0 Å². The second-order valence-electron chi connectivity index (χ2n) is 13.5. The summed E-state index contributed by atoms with van der Waals surface area (Å²) in [6.07, 6.45) is 0. The second-order valence-corrected chi connectivity index (χ2v) is 13.5. The second kappa shape index (κ2) is 11.5. The summed E-state index contributed by atoms with van der Waals surface area (Å²) in [5, 5.41) is 2.52. The Balaban J connectivity index is 1.30. The topological polar surface area (TPSA) is 25.8 Å². The maximum Gasteiger partial charge on any atom is 0.160 e. The van der Waals surface area contributed by atoms with Gasteiger partial charge < -0.3 is 0 Å². The third kappa shape index (κ3) is 5.05. The van der Waals surface area contributed by atoms with E-state index in [2.05, 4.69) is 178 Å². The highest BCUT2D eigenvalue weighted by molar-refractivity contribution is 5.98. The van der Waals surface area contributed by atoms with Gasteiger partial charge in [-0.25, -0.2) is 9.97 Å².